The molecule has 0 aliphatic heterocycles. The van der Waals surface area contributed by atoms with E-state index in [0.29, 0.717) is 6.04 Å². The predicted octanol–water partition coefficient (Wildman–Crippen LogP) is 4.69. The quantitative estimate of drug-likeness (QED) is 0.874. The highest BCUT2D eigenvalue weighted by Crippen LogP contribution is 2.32. The zero-order chi connectivity index (χ0) is 13.1. The van der Waals surface area contributed by atoms with E-state index in [2.05, 4.69) is 47.2 Å². The summed E-state index contributed by atoms with van der Waals surface area (Å²) >= 11 is 3.52. The van der Waals surface area contributed by atoms with Gasteiger partial charge in [-0.2, -0.15) is 0 Å². The maximum atomic E-state index is 5.29. The Labute approximate surface area is 118 Å². The molecule has 1 aromatic rings. The lowest BCUT2D eigenvalue weighted by molar-refractivity contribution is 0.261. The van der Waals surface area contributed by atoms with Crippen LogP contribution in [0.25, 0.3) is 0 Å². The van der Waals surface area contributed by atoms with E-state index in [4.69, 9.17) is 4.74 Å². The Hall–Kier alpha value is -0.700. The third-order valence-corrected chi connectivity index (χ3v) is 4.53. The first-order valence-electron chi connectivity index (χ1n) is 6.69. The van der Waals surface area contributed by atoms with Gasteiger partial charge in [-0.25, -0.2) is 0 Å². The van der Waals surface area contributed by atoms with Gasteiger partial charge in [-0.15, -0.1) is 0 Å². The van der Waals surface area contributed by atoms with E-state index < -0.39 is 0 Å². The molecule has 3 atom stereocenters. The fourth-order valence-corrected chi connectivity index (χ4v) is 3.15. The number of rotatable bonds is 3. The predicted molar refractivity (Wildman–Crippen MR) is 80.3 cm³/mol. The van der Waals surface area contributed by atoms with Crippen LogP contribution in [0.3, 0.4) is 0 Å². The minimum absolute atomic E-state index is 0.593. The van der Waals surface area contributed by atoms with Crippen molar-refractivity contribution in [1.29, 1.82) is 0 Å². The molecule has 3 unspecified atom stereocenters. The smallest absolute Gasteiger partial charge is 0.122 e. The number of hydrogen-bond acceptors (Lipinski definition) is 2. The summed E-state index contributed by atoms with van der Waals surface area (Å²) in [5, 5.41) is 3.64. The summed E-state index contributed by atoms with van der Waals surface area (Å²) in [5.41, 5.74) is 1.15. The molecule has 2 nitrogen and oxygen atoms in total. The van der Waals surface area contributed by atoms with Gasteiger partial charge in [0.15, 0.2) is 0 Å². The third-order valence-electron chi connectivity index (χ3n) is 4.08. The van der Waals surface area contributed by atoms with Gasteiger partial charge in [0.05, 0.1) is 7.11 Å². The molecule has 1 aromatic carbocycles. The number of hydrogen-bond donors (Lipinski definition) is 1. The minimum atomic E-state index is 0.593. The van der Waals surface area contributed by atoms with Crippen LogP contribution in [0.2, 0.25) is 0 Å². The van der Waals surface area contributed by atoms with Crippen LogP contribution in [0.4, 0.5) is 5.69 Å². The highest BCUT2D eigenvalue weighted by atomic mass is 79.9. The molecule has 100 valence electrons. The summed E-state index contributed by atoms with van der Waals surface area (Å²) in [6.45, 7) is 4.73. The van der Waals surface area contributed by atoms with Crippen LogP contribution in [0.5, 0.6) is 5.75 Å². The maximum Gasteiger partial charge on any atom is 0.122 e. The minimum Gasteiger partial charge on any atom is -0.497 e. The second kappa shape index (κ2) is 5.96. The molecule has 18 heavy (non-hydrogen) atoms. The van der Waals surface area contributed by atoms with Crippen molar-refractivity contribution in [3.8, 4) is 5.75 Å². The number of anilines is 1. The molecule has 2 rings (SSSR count). The lowest BCUT2D eigenvalue weighted by atomic mass is 9.79. The van der Waals surface area contributed by atoms with Gasteiger partial charge in [-0.3, -0.25) is 0 Å². The number of methoxy groups -OCH3 is 1. The van der Waals surface area contributed by atoms with Crippen molar-refractivity contribution < 1.29 is 4.74 Å². The van der Waals surface area contributed by atoms with Crippen LogP contribution in [0.15, 0.2) is 22.7 Å². The molecule has 0 heterocycles. The first-order chi connectivity index (χ1) is 8.58. The number of ether oxygens (including phenoxy) is 1. The van der Waals surface area contributed by atoms with E-state index in [1.807, 2.05) is 6.07 Å². The van der Waals surface area contributed by atoms with Crippen molar-refractivity contribution in [1.82, 2.24) is 0 Å². The van der Waals surface area contributed by atoms with Gasteiger partial charge in [0.25, 0.3) is 0 Å². The monoisotopic (exact) mass is 311 g/mol. The van der Waals surface area contributed by atoms with Crippen molar-refractivity contribution in [2.45, 2.75) is 39.2 Å². The Morgan fingerprint density at radius 2 is 1.94 bits per heavy atom. The van der Waals surface area contributed by atoms with Crippen molar-refractivity contribution >= 4 is 21.6 Å². The van der Waals surface area contributed by atoms with E-state index >= 15 is 0 Å². The molecule has 1 aliphatic rings. The molecule has 0 aromatic heterocycles. The van der Waals surface area contributed by atoms with Crippen LogP contribution in [0, 0.1) is 11.8 Å². The molecule has 1 aliphatic carbocycles. The fraction of sp³-hybridized carbons (Fsp3) is 0.600. The van der Waals surface area contributed by atoms with Crippen LogP contribution < -0.4 is 10.1 Å². The van der Waals surface area contributed by atoms with E-state index in [0.717, 1.165) is 27.7 Å². The Bertz CT molecular complexity index is 407. The summed E-state index contributed by atoms with van der Waals surface area (Å²) < 4.78 is 6.35. The highest BCUT2D eigenvalue weighted by molar-refractivity contribution is 9.10. The van der Waals surface area contributed by atoms with Crippen molar-refractivity contribution in [2.24, 2.45) is 11.8 Å². The van der Waals surface area contributed by atoms with Gasteiger partial charge in [0.1, 0.15) is 5.75 Å². The number of benzene rings is 1. The molecule has 1 saturated carbocycles. The second-order valence-corrected chi connectivity index (χ2v) is 6.40. The Morgan fingerprint density at radius 3 is 2.61 bits per heavy atom. The fourth-order valence-electron chi connectivity index (χ4n) is 2.68. The Kier molecular flexibility index (Phi) is 4.55. The molecule has 0 spiro atoms. The van der Waals surface area contributed by atoms with E-state index in [-0.39, 0.29) is 0 Å². The van der Waals surface area contributed by atoms with Crippen molar-refractivity contribution in [3.63, 3.8) is 0 Å². The molecule has 0 bridgehead atoms. The van der Waals surface area contributed by atoms with Crippen LogP contribution in [-0.4, -0.2) is 13.2 Å². The average Bonchev–Trinajstić information content (AvgIpc) is 2.33. The lowest BCUT2D eigenvalue weighted by Crippen LogP contribution is -2.30. The molecule has 0 amide bonds. The normalized spacial score (nSPS) is 27.9. The third kappa shape index (κ3) is 3.41. The van der Waals surface area contributed by atoms with Gasteiger partial charge in [0.2, 0.25) is 0 Å². The summed E-state index contributed by atoms with van der Waals surface area (Å²) in [5.74, 6) is 2.56. The van der Waals surface area contributed by atoms with Gasteiger partial charge >= 0.3 is 0 Å². The van der Waals surface area contributed by atoms with Gasteiger partial charge in [0, 0.05) is 22.3 Å². The molecule has 1 fully saturated rings. The van der Waals surface area contributed by atoms with Crippen LogP contribution in [-0.2, 0) is 0 Å². The van der Waals surface area contributed by atoms with Crippen molar-refractivity contribution in [3.05, 3.63) is 22.7 Å². The zero-order valence-corrected chi connectivity index (χ0v) is 13.0. The van der Waals surface area contributed by atoms with E-state index in [1.165, 1.54) is 19.3 Å². The standard InChI is InChI=1S/C15H22BrNO/c1-10-4-5-13(6-11(10)2)17-14-7-12(16)8-15(9-14)18-3/h7-11,13,17H,4-6H2,1-3H3. The summed E-state index contributed by atoms with van der Waals surface area (Å²) in [6.07, 6.45) is 3.85. The zero-order valence-electron chi connectivity index (χ0n) is 11.4. The van der Waals surface area contributed by atoms with Gasteiger partial charge in [-0.1, -0.05) is 29.8 Å². The first-order valence-corrected chi connectivity index (χ1v) is 7.49. The lowest BCUT2D eigenvalue weighted by Gasteiger charge is -2.33. The molecule has 3 heteroatoms. The Balaban J connectivity index is 2.03. The van der Waals surface area contributed by atoms with E-state index in [1.54, 1.807) is 7.11 Å². The first kappa shape index (κ1) is 13.7. The molecule has 1 N–H and O–H groups in total. The summed E-state index contributed by atoms with van der Waals surface area (Å²) in [7, 11) is 1.70. The SMILES string of the molecule is COc1cc(Br)cc(NC2CCC(C)C(C)C2)c1. The Morgan fingerprint density at radius 1 is 1.17 bits per heavy atom. The van der Waals surface area contributed by atoms with Gasteiger partial charge < -0.3 is 10.1 Å². The van der Waals surface area contributed by atoms with E-state index in [9.17, 15) is 0 Å². The van der Waals surface area contributed by atoms with Crippen molar-refractivity contribution in [2.75, 3.05) is 12.4 Å². The molecule has 0 radical (unpaired) electrons. The molecular weight excluding hydrogens is 290 g/mol. The second-order valence-electron chi connectivity index (χ2n) is 5.49. The summed E-state index contributed by atoms with van der Waals surface area (Å²) in [6, 6.07) is 6.75. The number of nitrogens with one attached hydrogen (secondary N) is 1. The largest absolute Gasteiger partial charge is 0.497 e. The topological polar surface area (TPSA) is 21.3 Å². The maximum absolute atomic E-state index is 5.29. The van der Waals surface area contributed by atoms with Crippen LogP contribution in [0.1, 0.15) is 33.1 Å². The molecular formula is C15H22BrNO. The average molecular weight is 312 g/mol. The summed E-state index contributed by atoms with van der Waals surface area (Å²) in [4.78, 5) is 0. The molecule has 0 saturated heterocycles. The van der Waals surface area contributed by atoms with Gasteiger partial charge in [-0.05, 0) is 43.2 Å². The number of halogens is 1. The highest BCUT2D eigenvalue weighted by Gasteiger charge is 2.24. The van der Waals surface area contributed by atoms with Crippen LogP contribution >= 0.6 is 15.9 Å².